The maximum absolute atomic E-state index is 12.1. The number of hydrogen-bond acceptors (Lipinski definition) is 3. The second-order valence-electron chi connectivity index (χ2n) is 5.30. The van der Waals surface area contributed by atoms with Gasteiger partial charge in [-0.25, -0.2) is 13.1 Å². The van der Waals surface area contributed by atoms with Crippen molar-refractivity contribution in [3.8, 4) is 0 Å². The van der Waals surface area contributed by atoms with Gasteiger partial charge in [0.25, 0.3) is 0 Å². The number of nitrogens with one attached hydrogen (secondary N) is 2. The van der Waals surface area contributed by atoms with Crippen LogP contribution in [0, 0.1) is 0 Å². The first-order valence-corrected chi connectivity index (χ1v) is 8.45. The quantitative estimate of drug-likeness (QED) is 0.803. The summed E-state index contributed by atoms with van der Waals surface area (Å²) in [6, 6.07) is 0.335. The summed E-state index contributed by atoms with van der Waals surface area (Å²) in [7, 11) is -3.07. The molecule has 1 atom stereocenters. The van der Waals surface area contributed by atoms with Crippen molar-refractivity contribution in [2.45, 2.75) is 62.7 Å². The number of sulfonamides is 1. The third-order valence-corrected chi connectivity index (χ3v) is 5.85. The van der Waals surface area contributed by atoms with Crippen LogP contribution in [0.1, 0.15) is 51.4 Å². The molecule has 5 heteroatoms. The van der Waals surface area contributed by atoms with Crippen LogP contribution in [-0.2, 0) is 10.0 Å². The molecule has 1 saturated carbocycles. The van der Waals surface area contributed by atoms with E-state index in [4.69, 9.17) is 0 Å². The molecule has 1 aliphatic carbocycles. The average Bonchev–Trinajstić information content (AvgIpc) is 2.39. The van der Waals surface area contributed by atoms with Crippen molar-refractivity contribution in [2.75, 3.05) is 13.1 Å². The van der Waals surface area contributed by atoms with E-state index in [9.17, 15) is 8.42 Å². The first-order valence-electron chi connectivity index (χ1n) is 6.90. The van der Waals surface area contributed by atoms with Gasteiger partial charge in [-0.3, -0.25) is 0 Å². The Morgan fingerprint density at radius 1 is 1.00 bits per heavy atom. The van der Waals surface area contributed by atoms with Crippen LogP contribution in [0.15, 0.2) is 0 Å². The minimum atomic E-state index is -3.07. The van der Waals surface area contributed by atoms with Gasteiger partial charge in [0.05, 0.1) is 5.25 Å². The van der Waals surface area contributed by atoms with Gasteiger partial charge in [0.2, 0.25) is 10.0 Å². The van der Waals surface area contributed by atoms with Gasteiger partial charge in [0, 0.05) is 12.6 Å². The molecule has 100 valence electrons. The standard InChI is InChI=1S/C12H24N2O2S/c15-17(16,12-7-2-1-3-8-12)14-10-11-6-4-5-9-13-11/h11-14H,1-10H2. The monoisotopic (exact) mass is 260 g/mol. The van der Waals surface area contributed by atoms with Gasteiger partial charge < -0.3 is 5.32 Å². The Morgan fingerprint density at radius 2 is 1.71 bits per heavy atom. The van der Waals surface area contributed by atoms with Crippen LogP contribution in [0.4, 0.5) is 0 Å². The lowest BCUT2D eigenvalue weighted by molar-refractivity contribution is 0.395. The van der Waals surface area contributed by atoms with Crippen molar-refractivity contribution < 1.29 is 8.42 Å². The van der Waals surface area contributed by atoms with E-state index in [0.29, 0.717) is 12.6 Å². The second kappa shape index (κ2) is 6.16. The van der Waals surface area contributed by atoms with Gasteiger partial charge in [-0.1, -0.05) is 25.7 Å². The largest absolute Gasteiger partial charge is 0.313 e. The fourth-order valence-electron chi connectivity index (χ4n) is 2.81. The average molecular weight is 260 g/mol. The van der Waals surface area contributed by atoms with E-state index in [0.717, 1.165) is 38.6 Å². The van der Waals surface area contributed by atoms with Crippen LogP contribution in [0.5, 0.6) is 0 Å². The van der Waals surface area contributed by atoms with E-state index in [1.807, 2.05) is 0 Å². The number of hydrogen-bond donors (Lipinski definition) is 2. The molecule has 0 aromatic carbocycles. The van der Waals surface area contributed by atoms with Gasteiger partial charge in [0.15, 0.2) is 0 Å². The van der Waals surface area contributed by atoms with Crippen molar-refractivity contribution in [1.82, 2.24) is 10.0 Å². The second-order valence-corrected chi connectivity index (χ2v) is 7.35. The van der Waals surface area contributed by atoms with Crippen molar-refractivity contribution in [3.05, 3.63) is 0 Å². The minimum absolute atomic E-state index is 0.139. The van der Waals surface area contributed by atoms with Gasteiger partial charge in [-0.15, -0.1) is 0 Å². The van der Waals surface area contributed by atoms with Gasteiger partial charge >= 0.3 is 0 Å². The van der Waals surface area contributed by atoms with Crippen molar-refractivity contribution >= 4 is 10.0 Å². The third kappa shape index (κ3) is 3.93. The molecule has 2 N–H and O–H groups in total. The Morgan fingerprint density at radius 3 is 2.35 bits per heavy atom. The molecular weight excluding hydrogens is 236 g/mol. The zero-order chi connectivity index (χ0) is 12.1. The molecule has 1 unspecified atom stereocenters. The lowest BCUT2D eigenvalue weighted by atomic mass is 10.0. The molecular formula is C12H24N2O2S. The van der Waals surface area contributed by atoms with E-state index < -0.39 is 10.0 Å². The molecule has 0 amide bonds. The van der Waals surface area contributed by atoms with E-state index >= 15 is 0 Å². The first kappa shape index (κ1) is 13.3. The molecule has 0 radical (unpaired) electrons. The predicted octanol–water partition coefficient (Wildman–Crippen LogP) is 1.38. The maximum atomic E-state index is 12.1. The Labute approximate surface area is 105 Å². The molecule has 0 aromatic rings. The summed E-state index contributed by atoms with van der Waals surface area (Å²) in [5.74, 6) is 0. The van der Waals surface area contributed by atoms with E-state index in [1.54, 1.807) is 0 Å². The lowest BCUT2D eigenvalue weighted by Gasteiger charge is -2.26. The van der Waals surface area contributed by atoms with Crippen LogP contribution in [-0.4, -0.2) is 32.8 Å². The lowest BCUT2D eigenvalue weighted by Crippen LogP contribution is -2.46. The van der Waals surface area contributed by atoms with Crippen molar-refractivity contribution in [1.29, 1.82) is 0 Å². The highest BCUT2D eigenvalue weighted by atomic mass is 32.2. The molecule has 4 nitrogen and oxygen atoms in total. The molecule has 2 fully saturated rings. The molecule has 0 bridgehead atoms. The highest BCUT2D eigenvalue weighted by Crippen LogP contribution is 2.23. The summed E-state index contributed by atoms with van der Waals surface area (Å²) < 4.78 is 27.0. The van der Waals surface area contributed by atoms with Crippen LogP contribution in [0.25, 0.3) is 0 Å². The zero-order valence-corrected chi connectivity index (χ0v) is 11.3. The van der Waals surface area contributed by atoms with Gasteiger partial charge in [0.1, 0.15) is 0 Å². The van der Waals surface area contributed by atoms with Crippen LogP contribution < -0.4 is 10.0 Å². The van der Waals surface area contributed by atoms with Crippen molar-refractivity contribution in [2.24, 2.45) is 0 Å². The molecule has 0 spiro atoms. The molecule has 17 heavy (non-hydrogen) atoms. The van der Waals surface area contributed by atoms with Crippen LogP contribution >= 0.6 is 0 Å². The molecule has 1 aliphatic heterocycles. The Bertz CT molecular complexity index is 317. The Balaban J connectivity index is 1.79. The topological polar surface area (TPSA) is 58.2 Å². The predicted molar refractivity (Wildman–Crippen MR) is 69.4 cm³/mol. The number of piperidine rings is 1. The third-order valence-electron chi connectivity index (χ3n) is 3.93. The maximum Gasteiger partial charge on any atom is 0.214 e. The summed E-state index contributed by atoms with van der Waals surface area (Å²) in [5.41, 5.74) is 0. The molecule has 2 rings (SSSR count). The normalized spacial score (nSPS) is 28.1. The highest BCUT2D eigenvalue weighted by molar-refractivity contribution is 7.90. The fourth-order valence-corrected chi connectivity index (χ4v) is 4.43. The minimum Gasteiger partial charge on any atom is -0.313 e. The summed E-state index contributed by atoms with van der Waals surface area (Å²) in [6.07, 6.45) is 8.51. The Hall–Kier alpha value is -0.130. The Kier molecular flexibility index (Phi) is 4.82. The molecule has 1 heterocycles. The first-order chi connectivity index (χ1) is 8.18. The van der Waals surface area contributed by atoms with Gasteiger partial charge in [-0.2, -0.15) is 0 Å². The number of rotatable bonds is 4. The van der Waals surface area contributed by atoms with Crippen molar-refractivity contribution in [3.63, 3.8) is 0 Å². The summed E-state index contributed by atoms with van der Waals surface area (Å²) >= 11 is 0. The molecule has 1 saturated heterocycles. The summed E-state index contributed by atoms with van der Waals surface area (Å²) in [4.78, 5) is 0. The fraction of sp³-hybridized carbons (Fsp3) is 1.00. The van der Waals surface area contributed by atoms with Crippen LogP contribution in [0.2, 0.25) is 0 Å². The summed E-state index contributed by atoms with van der Waals surface area (Å²) in [5, 5.41) is 3.23. The zero-order valence-electron chi connectivity index (χ0n) is 10.5. The smallest absolute Gasteiger partial charge is 0.214 e. The van der Waals surface area contributed by atoms with E-state index in [-0.39, 0.29) is 5.25 Å². The van der Waals surface area contributed by atoms with E-state index in [2.05, 4.69) is 10.0 Å². The highest BCUT2D eigenvalue weighted by Gasteiger charge is 2.27. The van der Waals surface area contributed by atoms with E-state index in [1.165, 1.54) is 19.3 Å². The van der Waals surface area contributed by atoms with Gasteiger partial charge in [-0.05, 0) is 32.2 Å². The molecule has 0 aromatic heterocycles. The SMILES string of the molecule is O=S(=O)(NCC1CCCCN1)C1CCCCC1. The molecule has 2 aliphatic rings. The van der Waals surface area contributed by atoms with Crippen LogP contribution in [0.3, 0.4) is 0 Å². The summed E-state index contributed by atoms with van der Waals surface area (Å²) in [6.45, 7) is 1.59.